The number of benzene rings is 2. The molecule has 0 radical (unpaired) electrons. The Bertz CT molecular complexity index is 1430. The fourth-order valence-corrected chi connectivity index (χ4v) is 7.46. The van der Waals surface area contributed by atoms with Crippen molar-refractivity contribution in [3.8, 4) is 0 Å². The third-order valence-corrected chi connectivity index (χ3v) is 10.7. The van der Waals surface area contributed by atoms with Gasteiger partial charge in [-0.25, -0.2) is 9.97 Å². The van der Waals surface area contributed by atoms with Crippen molar-refractivity contribution >= 4 is 17.5 Å². The molecule has 9 heteroatoms. The Kier molecular flexibility index (Phi) is 16.8. The van der Waals surface area contributed by atoms with Gasteiger partial charge >= 0.3 is 0 Å². The van der Waals surface area contributed by atoms with Gasteiger partial charge in [0.05, 0.1) is 18.8 Å². The Morgan fingerprint density at radius 3 is 2.06 bits per heavy atom. The average molecular weight is 714 g/mol. The number of aliphatic hydroxyl groups excluding tert-OH is 1. The molecule has 2 aliphatic rings. The van der Waals surface area contributed by atoms with Crippen molar-refractivity contribution in [1.82, 2.24) is 14.9 Å². The van der Waals surface area contributed by atoms with Crippen LogP contribution in [0.5, 0.6) is 0 Å². The van der Waals surface area contributed by atoms with Crippen molar-refractivity contribution in [3.63, 3.8) is 0 Å². The van der Waals surface area contributed by atoms with Gasteiger partial charge in [-0.05, 0) is 35.7 Å². The van der Waals surface area contributed by atoms with Crippen LogP contribution in [0, 0.1) is 5.92 Å². The van der Waals surface area contributed by atoms with Crippen molar-refractivity contribution in [3.05, 3.63) is 83.7 Å². The number of piperazine rings is 1. The van der Waals surface area contributed by atoms with Crippen LogP contribution in [0.4, 0.5) is 11.6 Å². The van der Waals surface area contributed by atoms with E-state index in [1.807, 2.05) is 42.5 Å². The van der Waals surface area contributed by atoms with E-state index >= 15 is 0 Å². The first-order valence-corrected chi connectivity index (χ1v) is 20.2. The predicted molar refractivity (Wildman–Crippen MR) is 209 cm³/mol. The van der Waals surface area contributed by atoms with Crippen LogP contribution in [-0.4, -0.2) is 64.7 Å². The third-order valence-electron chi connectivity index (χ3n) is 10.7. The number of unbranched alkanes of at least 4 members (excludes halogenated alkanes) is 12. The highest BCUT2D eigenvalue weighted by molar-refractivity contribution is 5.90. The number of nitrogens with zero attached hydrogens (tertiary/aromatic N) is 4. The maximum Gasteiger partial charge on any atom is 0.225 e. The first-order chi connectivity index (χ1) is 25.5. The summed E-state index contributed by atoms with van der Waals surface area (Å²) in [5, 5.41) is 12.8. The molecule has 0 saturated carbocycles. The Balaban J connectivity index is 1.11. The van der Waals surface area contributed by atoms with E-state index in [0.717, 1.165) is 73.9 Å². The predicted octanol–water partition coefficient (Wildman–Crippen LogP) is 9.00. The molecule has 3 heterocycles. The van der Waals surface area contributed by atoms with Crippen molar-refractivity contribution in [2.45, 2.75) is 129 Å². The molecule has 2 fully saturated rings. The lowest BCUT2D eigenvalue weighted by molar-refractivity contribution is -0.276. The molecule has 4 atom stereocenters. The molecular weight excluding hydrogens is 651 g/mol. The first kappa shape index (κ1) is 39.8. The van der Waals surface area contributed by atoms with E-state index in [1.54, 1.807) is 12.4 Å². The number of carbonyl (C=O) groups is 1. The molecule has 52 heavy (non-hydrogen) atoms. The summed E-state index contributed by atoms with van der Waals surface area (Å²) >= 11 is 0. The molecule has 2 aromatic carbocycles. The summed E-state index contributed by atoms with van der Waals surface area (Å²) in [6, 6.07) is 17.8. The van der Waals surface area contributed by atoms with Gasteiger partial charge in [0.25, 0.3) is 0 Å². The van der Waals surface area contributed by atoms with Gasteiger partial charge in [0.2, 0.25) is 11.9 Å². The fourth-order valence-electron chi connectivity index (χ4n) is 7.46. The van der Waals surface area contributed by atoms with E-state index in [2.05, 4.69) is 51.1 Å². The summed E-state index contributed by atoms with van der Waals surface area (Å²) in [7, 11) is 0. The second-order valence-electron chi connectivity index (χ2n) is 14.8. The number of hydrogen-bond acceptors (Lipinski definition) is 8. The Hall–Kier alpha value is -3.37. The highest BCUT2D eigenvalue weighted by atomic mass is 16.7. The summed E-state index contributed by atoms with van der Waals surface area (Å²) < 4.78 is 13.5. The van der Waals surface area contributed by atoms with Crippen molar-refractivity contribution in [2.75, 3.05) is 42.9 Å². The molecule has 2 N–H and O–H groups in total. The smallest absolute Gasteiger partial charge is 0.225 e. The summed E-state index contributed by atoms with van der Waals surface area (Å²) in [4.78, 5) is 26.5. The Morgan fingerprint density at radius 1 is 0.788 bits per heavy atom. The molecule has 1 amide bonds. The topological polar surface area (TPSA) is 100 Å². The standard InChI is InChI=1S/C43H63N5O4/c1-3-4-5-6-7-8-9-10-11-12-13-14-15-20-40(50)46-38-19-16-18-37(31-38)42-51-39(34(2)41(52-42)36-23-21-35(33-49)22-24-36)32-47-27-29-48(30-28-47)43-44-25-17-26-45-43/h16-19,21-26,31,34,39,41-42,49H,3-15,20,27-30,32-33H2,1-2H3,(H,46,50). The van der Waals surface area contributed by atoms with Crippen molar-refractivity contribution in [1.29, 1.82) is 0 Å². The molecule has 2 aliphatic heterocycles. The number of hydrogen-bond donors (Lipinski definition) is 2. The molecule has 1 aromatic heterocycles. The number of rotatable bonds is 21. The largest absolute Gasteiger partial charge is 0.392 e. The van der Waals surface area contributed by atoms with Gasteiger partial charge in [0.1, 0.15) is 0 Å². The summed E-state index contributed by atoms with van der Waals surface area (Å²) in [6.07, 6.45) is 20.1. The summed E-state index contributed by atoms with van der Waals surface area (Å²) in [6.45, 7) is 8.77. The van der Waals surface area contributed by atoms with Crippen LogP contribution in [0.25, 0.3) is 0 Å². The van der Waals surface area contributed by atoms with Crippen LogP contribution in [0.15, 0.2) is 67.0 Å². The lowest BCUT2D eigenvalue weighted by atomic mass is 9.90. The SMILES string of the molecule is CCCCCCCCCCCCCCCC(=O)Nc1cccc(C2OC(CN3CCN(c4ncccn4)CC3)C(C)C(c3ccc(CO)cc3)O2)c1. The number of anilines is 2. The maximum atomic E-state index is 12.9. The van der Waals surface area contributed by atoms with Gasteiger partial charge in [-0.2, -0.15) is 0 Å². The zero-order valence-corrected chi connectivity index (χ0v) is 31.8. The van der Waals surface area contributed by atoms with Crippen LogP contribution in [-0.2, 0) is 20.9 Å². The highest BCUT2D eigenvalue weighted by Crippen LogP contribution is 2.42. The van der Waals surface area contributed by atoms with E-state index in [1.165, 1.54) is 70.6 Å². The molecule has 0 aliphatic carbocycles. The molecular formula is C43H63N5O4. The Morgan fingerprint density at radius 2 is 1.42 bits per heavy atom. The highest BCUT2D eigenvalue weighted by Gasteiger charge is 2.39. The van der Waals surface area contributed by atoms with Crippen molar-refractivity contribution in [2.24, 2.45) is 5.92 Å². The van der Waals surface area contributed by atoms with Gasteiger partial charge in [-0.1, -0.05) is 127 Å². The number of amides is 1. The minimum Gasteiger partial charge on any atom is -0.392 e. The molecule has 0 spiro atoms. The summed E-state index contributed by atoms with van der Waals surface area (Å²) in [5.74, 6) is 0.926. The maximum absolute atomic E-state index is 12.9. The molecule has 0 bridgehead atoms. The van der Waals surface area contributed by atoms with Crippen LogP contribution in [0.2, 0.25) is 0 Å². The molecule has 5 rings (SSSR count). The van der Waals surface area contributed by atoms with E-state index in [9.17, 15) is 9.90 Å². The molecule has 4 unspecified atom stereocenters. The van der Waals surface area contributed by atoms with Crippen molar-refractivity contribution < 1.29 is 19.4 Å². The Labute approximate surface area is 312 Å². The minimum atomic E-state index is -0.583. The van der Waals surface area contributed by atoms with Crippen LogP contribution in [0.3, 0.4) is 0 Å². The summed E-state index contributed by atoms with van der Waals surface area (Å²) in [5.41, 5.74) is 3.59. The van der Waals surface area contributed by atoms with Gasteiger partial charge in [-0.15, -0.1) is 0 Å². The van der Waals surface area contributed by atoms with Gasteiger partial charge < -0.3 is 24.8 Å². The average Bonchev–Trinajstić information content (AvgIpc) is 3.18. The zero-order valence-electron chi connectivity index (χ0n) is 31.8. The third kappa shape index (κ3) is 12.6. The lowest BCUT2D eigenvalue weighted by Crippen LogP contribution is -2.51. The van der Waals surface area contributed by atoms with Gasteiger partial charge in [-0.3, -0.25) is 9.69 Å². The van der Waals surface area contributed by atoms with Gasteiger partial charge in [0, 0.05) is 68.7 Å². The second kappa shape index (κ2) is 22.0. The van der Waals surface area contributed by atoms with Crippen LogP contribution in [0.1, 0.15) is 133 Å². The number of carbonyl (C=O) groups excluding carboxylic acids is 1. The minimum absolute atomic E-state index is 0.00753. The van der Waals surface area contributed by atoms with E-state index < -0.39 is 6.29 Å². The second-order valence-corrected chi connectivity index (χ2v) is 14.8. The van der Waals surface area contributed by atoms with E-state index in [0.29, 0.717) is 6.42 Å². The monoisotopic (exact) mass is 713 g/mol. The van der Waals surface area contributed by atoms with Gasteiger partial charge in [0.15, 0.2) is 6.29 Å². The van der Waals surface area contributed by atoms with Crippen LogP contribution >= 0.6 is 0 Å². The molecule has 284 valence electrons. The number of aliphatic hydroxyl groups is 1. The fraction of sp³-hybridized carbons (Fsp3) is 0.605. The van der Waals surface area contributed by atoms with Crippen LogP contribution < -0.4 is 10.2 Å². The zero-order chi connectivity index (χ0) is 36.4. The molecule has 3 aromatic rings. The number of ether oxygens (including phenoxy) is 2. The quantitative estimate of drug-likeness (QED) is 0.106. The number of aromatic nitrogens is 2. The van der Waals surface area contributed by atoms with E-state index in [4.69, 9.17) is 9.47 Å². The van der Waals surface area contributed by atoms with E-state index in [-0.39, 0.29) is 30.6 Å². The molecule has 9 nitrogen and oxygen atoms in total. The molecule has 2 saturated heterocycles. The normalized spacial score (nSPS) is 20.9. The number of nitrogens with one attached hydrogen (secondary N) is 1. The first-order valence-electron chi connectivity index (χ1n) is 20.2. The lowest BCUT2D eigenvalue weighted by Gasteiger charge is -2.44.